The Labute approximate surface area is 128 Å². The normalized spacial score (nSPS) is 31.6. The van der Waals surface area contributed by atoms with E-state index in [1.807, 2.05) is 0 Å². The van der Waals surface area contributed by atoms with Crippen LogP contribution in [0.1, 0.15) is 30.4 Å². The van der Waals surface area contributed by atoms with Crippen molar-refractivity contribution in [1.29, 1.82) is 0 Å². The number of nitrogens with one attached hydrogen (secondary N) is 1. The molecule has 2 saturated carbocycles. The van der Waals surface area contributed by atoms with Crippen LogP contribution in [0, 0.1) is 17.8 Å². The lowest BCUT2D eigenvalue weighted by Gasteiger charge is -2.25. The molecule has 0 saturated heterocycles. The highest BCUT2D eigenvalue weighted by Gasteiger charge is 2.47. The van der Waals surface area contributed by atoms with E-state index >= 15 is 0 Å². The average Bonchev–Trinajstić information content (AvgIpc) is 2.87. The van der Waals surface area contributed by atoms with Crippen LogP contribution in [0.25, 0.3) is 0 Å². The molecule has 3 atom stereocenters. The minimum absolute atomic E-state index is 0.380. The van der Waals surface area contributed by atoms with E-state index in [0.717, 1.165) is 47.4 Å². The van der Waals surface area contributed by atoms with E-state index in [1.54, 1.807) is 0 Å². The molecule has 0 amide bonds. The Morgan fingerprint density at radius 3 is 2.85 bits per heavy atom. The first-order valence-corrected chi connectivity index (χ1v) is 8.44. The predicted molar refractivity (Wildman–Crippen MR) is 82.5 cm³/mol. The van der Waals surface area contributed by atoms with Crippen LogP contribution in [0.2, 0.25) is 0 Å². The quantitative estimate of drug-likeness (QED) is 0.656. The Balaban J connectivity index is 1.55. The zero-order valence-corrected chi connectivity index (χ0v) is 13.2. The third-order valence-electron chi connectivity index (χ3n) is 5.33. The summed E-state index contributed by atoms with van der Waals surface area (Å²) in [6.45, 7) is 0.813. The molecule has 108 valence electrons. The third kappa shape index (κ3) is 2.28. The van der Waals surface area contributed by atoms with Crippen molar-refractivity contribution in [3.8, 4) is 5.75 Å². The van der Waals surface area contributed by atoms with Gasteiger partial charge in [0.15, 0.2) is 0 Å². The Morgan fingerprint density at radius 2 is 2.10 bits per heavy atom. The highest BCUT2D eigenvalue weighted by molar-refractivity contribution is 9.10. The van der Waals surface area contributed by atoms with Gasteiger partial charge in [-0.1, -0.05) is 15.9 Å². The maximum absolute atomic E-state index is 5.84. The zero-order valence-electron chi connectivity index (χ0n) is 11.6. The molecule has 3 unspecified atom stereocenters. The monoisotopic (exact) mass is 336 g/mol. The van der Waals surface area contributed by atoms with E-state index in [1.165, 1.54) is 30.4 Å². The van der Waals surface area contributed by atoms with Crippen molar-refractivity contribution >= 4 is 15.9 Å². The van der Waals surface area contributed by atoms with Gasteiger partial charge in [0.1, 0.15) is 5.75 Å². The summed E-state index contributed by atoms with van der Waals surface area (Å²) in [6, 6.07) is 4.76. The Bertz CT molecular complexity index is 523. The molecular weight excluding hydrogens is 316 g/mol. The van der Waals surface area contributed by atoms with E-state index in [-0.39, 0.29) is 0 Å². The van der Waals surface area contributed by atoms with Gasteiger partial charge in [0.05, 0.1) is 6.61 Å². The summed E-state index contributed by atoms with van der Waals surface area (Å²) in [5.74, 6) is 9.69. The van der Waals surface area contributed by atoms with Gasteiger partial charge in [-0.25, -0.2) is 0 Å². The van der Waals surface area contributed by atoms with Gasteiger partial charge in [-0.15, -0.1) is 0 Å². The lowest BCUT2D eigenvalue weighted by atomic mass is 9.89. The van der Waals surface area contributed by atoms with Crippen LogP contribution in [0.3, 0.4) is 0 Å². The zero-order chi connectivity index (χ0) is 13.7. The van der Waals surface area contributed by atoms with Crippen LogP contribution in [0.4, 0.5) is 0 Å². The van der Waals surface area contributed by atoms with Gasteiger partial charge in [-0.3, -0.25) is 11.3 Å². The van der Waals surface area contributed by atoms with Gasteiger partial charge in [-0.2, -0.15) is 0 Å². The fraction of sp³-hybridized carbons (Fsp3) is 0.625. The van der Waals surface area contributed by atoms with Crippen molar-refractivity contribution in [2.75, 3.05) is 6.61 Å². The van der Waals surface area contributed by atoms with Crippen molar-refractivity contribution in [1.82, 2.24) is 5.43 Å². The molecule has 2 fully saturated rings. The second-order valence-corrected chi connectivity index (χ2v) is 7.53. The number of fused-ring (bicyclic) bond motifs is 2. The van der Waals surface area contributed by atoms with Crippen LogP contribution >= 0.6 is 15.9 Å². The van der Waals surface area contributed by atoms with E-state index in [9.17, 15) is 0 Å². The number of benzene rings is 1. The average molecular weight is 337 g/mol. The molecule has 3 aliphatic rings. The number of halogens is 1. The van der Waals surface area contributed by atoms with Gasteiger partial charge in [0.25, 0.3) is 0 Å². The number of hydrazine groups is 1. The Kier molecular flexibility index (Phi) is 3.28. The molecule has 0 bridgehead atoms. The highest BCUT2D eigenvalue weighted by atomic mass is 79.9. The molecule has 0 radical (unpaired) electrons. The van der Waals surface area contributed by atoms with Crippen LogP contribution in [0.5, 0.6) is 5.75 Å². The maximum Gasteiger partial charge on any atom is 0.125 e. The van der Waals surface area contributed by atoms with E-state index in [4.69, 9.17) is 10.6 Å². The summed E-state index contributed by atoms with van der Waals surface area (Å²) in [6.07, 6.45) is 6.18. The topological polar surface area (TPSA) is 47.3 Å². The molecule has 1 heterocycles. The number of ether oxygens (including phenoxy) is 1. The summed E-state index contributed by atoms with van der Waals surface area (Å²) in [5.41, 5.74) is 5.71. The van der Waals surface area contributed by atoms with Gasteiger partial charge in [-0.05, 0) is 66.7 Å². The first-order chi connectivity index (χ1) is 9.74. The highest BCUT2D eigenvalue weighted by Crippen LogP contribution is 2.55. The van der Waals surface area contributed by atoms with Gasteiger partial charge in [0, 0.05) is 16.9 Å². The summed E-state index contributed by atoms with van der Waals surface area (Å²) in [4.78, 5) is 0. The first kappa shape index (κ1) is 13.1. The number of hydrogen-bond donors (Lipinski definition) is 2. The number of nitrogens with two attached hydrogens (primary N) is 1. The lowest BCUT2D eigenvalue weighted by molar-refractivity contribution is 0.324. The maximum atomic E-state index is 5.84. The van der Waals surface area contributed by atoms with Crippen LogP contribution in [-0.2, 0) is 12.8 Å². The minimum atomic E-state index is 0.380. The number of rotatable bonds is 4. The second kappa shape index (κ2) is 5.00. The summed E-state index contributed by atoms with van der Waals surface area (Å²) in [5, 5.41) is 0. The van der Waals surface area contributed by atoms with Crippen molar-refractivity contribution in [3.63, 3.8) is 0 Å². The Morgan fingerprint density at radius 1 is 1.30 bits per heavy atom. The van der Waals surface area contributed by atoms with E-state index < -0.39 is 0 Å². The van der Waals surface area contributed by atoms with Crippen LogP contribution in [0.15, 0.2) is 16.6 Å². The molecular formula is C16H21BrN2O. The molecule has 0 aromatic heterocycles. The van der Waals surface area contributed by atoms with Crippen molar-refractivity contribution in [2.45, 2.75) is 38.1 Å². The SMILES string of the molecule is NNC(Cc1cc(Br)cc2c1OCC2)C1CC2CC2C1. The molecule has 2 aliphatic carbocycles. The molecule has 0 spiro atoms. The molecule has 3 N–H and O–H groups in total. The standard InChI is InChI=1S/C16H21BrN2O/c17-14-6-9-1-2-20-16(9)13(7-14)8-15(19-18)12-4-10-3-11(10)5-12/h6-7,10-12,15,19H,1-5,8,18H2. The fourth-order valence-electron chi connectivity index (χ4n) is 4.19. The lowest BCUT2D eigenvalue weighted by Crippen LogP contribution is -2.42. The van der Waals surface area contributed by atoms with E-state index in [0.29, 0.717) is 6.04 Å². The molecule has 4 rings (SSSR count). The van der Waals surface area contributed by atoms with E-state index in [2.05, 4.69) is 33.5 Å². The van der Waals surface area contributed by atoms with Crippen molar-refractivity contribution < 1.29 is 4.74 Å². The number of hydrogen-bond acceptors (Lipinski definition) is 3. The fourth-order valence-corrected chi connectivity index (χ4v) is 4.74. The minimum Gasteiger partial charge on any atom is -0.493 e. The molecule has 1 aromatic carbocycles. The molecule has 4 heteroatoms. The molecule has 3 nitrogen and oxygen atoms in total. The summed E-state index contributed by atoms with van der Waals surface area (Å²) >= 11 is 3.62. The molecule has 1 aromatic rings. The van der Waals surface area contributed by atoms with Crippen LogP contribution < -0.4 is 16.0 Å². The van der Waals surface area contributed by atoms with Gasteiger partial charge >= 0.3 is 0 Å². The predicted octanol–water partition coefficient (Wildman–Crippen LogP) is 2.80. The Hall–Kier alpha value is -0.580. The largest absolute Gasteiger partial charge is 0.493 e. The molecule has 1 aliphatic heterocycles. The van der Waals surface area contributed by atoms with Crippen molar-refractivity contribution in [3.05, 3.63) is 27.7 Å². The summed E-state index contributed by atoms with van der Waals surface area (Å²) < 4.78 is 6.99. The second-order valence-electron chi connectivity index (χ2n) is 6.62. The molecule has 20 heavy (non-hydrogen) atoms. The summed E-state index contributed by atoms with van der Waals surface area (Å²) in [7, 11) is 0. The third-order valence-corrected chi connectivity index (χ3v) is 5.79. The van der Waals surface area contributed by atoms with Crippen molar-refractivity contribution in [2.24, 2.45) is 23.6 Å². The smallest absolute Gasteiger partial charge is 0.125 e. The van der Waals surface area contributed by atoms with Gasteiger partial charge in [0.2, 0.25) is 0 Å². The first-order valence-electron chi connectivity index (χ1n) is 7.65. The van der Waals surface area contributed by atoms with Gasteiger partial charge < -0.3 is 4.74 Å². The van der Waals surface area contributed by atoms with Crippen LogP contribution in [-0.4, -0.2) is 12.6 Å².